The number of rotatable bonds is 3. The molecule has 0 aliphatic heterocycles. The van der Waals surface area contributed by atoms with E-state index in [9.17, 15) is 0 Å². The van der Waals surface area contributed by atoms with Gasteiger partial charge in [0.05, 0.1) is 11.9 Å². The highest BCUT2D eigenvalue weighted by Crippen LogP contribution is 2.17. The minimum Gasteiger partial charge on any atom is -0.360 e. The summed E-state index contributed by atoms with van der Waals surface area (Å²) in [5.74, 6) is 0. The van der Waals surface area contributed by atoms with Gasteiger partial charge >= 0.3 is 0 Å². The molecule has 1 aromatic rings. The molecule has 1 heterocycles. The van der Waals surface area contributed by atoms with E-state index in [2.05, 4.69) is 20.8 Å². The van der Waals surface area contributed by atoms with E-state index >= 15 is 0 Å². The summed E-state index contributed by atoms with van der Waals surface area (Å²) in [6.45, 7) is 0. The van der Waals surface area contributed by atoms with E-state index in [1.54, 1.807) is 6.21 Å². The van der Waals surface area contributed by atoms with Crippen LogP contribution in [0.3, 0.4) is 0 Å². The molecule has 1 aliphatic carbocycles. The van der Waals surface area contributed by atoms with Crippen LogP contribution in [0.25, 0.3) is 0 Å². The summed E-state index contributed by atoms with van der Waals surface area (Å²) in [5.41, 5.74) is 3.79. The Kier molecular flexibility index (Phi) is 4.55. The standard InChI is InChI=1S/C12H18N4S/c17-12(15-10-5-2-1-3-6-10)16-14-9-11-7-4-8-13-11/h4,7-10,13H,1-3,5-6H2,(H2,15,16,17). The average molecular weight is 250 g/mol. The van der Waals surface area contributed by atoms with Gasteiger partial charge in [0.1, 0.15) is 0 Å². The highest BCUT2D eigenvalue weighted by atomic mass is 32.1. The molecule has 3 N–H and O–H groups in total. The molecular formula is C12H18N4S. The predicted octanol–water partition coefficient (Wildman–Crippen LogP) is 2.15. The lowest BCUT2D eigenvalue weighted by molar-refractivity contribution is 0.412. The molecule has 92 valence electrons. The van der Waals surface area contributed by atoms with Crippen LogP contribution in [0, 0.1) is 0 Å². The van der Waals surface area contributed by atoms with Gasteiger partial charge in [0.15, 0.2) is 5.11 Å². The van der Waals surface area contributed by atoms with Crippen LogP contribution in [0.4, 0.5) is 0 Å². The molecule has 0 saturated heterocycles. The molecule has 1 aromatic heterocycles. The van der Waals surface area contributed by atoms with Crippen molar-refractivity contribution < 1.29 is 0 Å². The second-order valence-electron chi connectivity index (χ2n) is 4.30. The van der Waals surface area contributed by atoms with E-state index in [0.29, 0.717) is 11.2 Å². The minimum absolute atomic E-state index is 0.518. The van der Waals surface area contributed by atoms with Gasteiger partial charge in [0.25, 0.3) is 0 Å². The Morgan fingerprint density at radius 3 is 2.94 bits per heavy atom. The molecule has 17 heavy (non-hydrogen) atoms. The highest BCUT2D eigenvalue weighted by molar-refractivity contribution is 7.80. The third-order valence-corrected chi connectivity index (χ3v) is 3.14. The maximum absolute atomic E-state index is 5.18. The number of hydrazone groups is 1. The first kappa shape index (κ1) is 12.1. The smallest absolute Gasteiger partial charge is 0.187 e. The molecule has 0 bridgehead atoms. The van der Waals surface area contributed by atoms with Crippen molar-refractivity contribution in [3.05, 3.63) is 24.0 Å². The number of thiocarbonyl (C=S) groups is 1. The van der Waals surface area contributed by atoms with Gasteiger partial charge in [-0.1, -0.05) is 19.3 Å². The second kappa shape index (κ2) is 6.39. The Morgan fingerprint density at radius 1 is 1.41 bits per heavy atom. The van der Waals surface area contributed by atoms with Crippen molar-refractivity contribution in [2.75, 3.05) is 0 Å². The van der Waals surface area contributed by atoms with Crippen LogP contribution >= 0.6 is 12.2 Å². The van der Waals surface area contributed by atoms with Gasteiger partial charge in [-0.15, -0.1) is 0 Å². The third kappa shape index (κ3) is 4.19. The Hall–Kier alpha value is -1.36. The summed E-state index contributed by atoms with van der Waals surface area (Å²) in [7, 11) is 0. The first-order valence-corrected chi connectivity index (χ1v) is 6.48. The van der Waals surface area contributed by atoms with Crippen LogP contribution in [-0.4, -0.2) is 22.4 Å². The number of H-pyrrole nitrogens is 1. The molecule has 0 spiro atoms. The van der Waals surface area contributed by atoms with Gasteiger partial charge in [0.2, 0.25) is 0 Å². The quantitative estimate of drug-likeness (QED) is 0.438. The summed E-state index contributed by atoms with van der Waals surface area (Å²) < 4.78 is 0. The van der Waals surface area contributed by atoms with Crippen LogP contribution in [0.2, 0.25) is 0 Å². The van der Waals surface area contributed by atoms with Gasteiger partial charge in [-0.05, 0) is 37.2 Å². The number of aromatic amines is 1. The fraction of sp³-hybridized carbons (Fsp3) is 0.500. The van der Waals surface area contributed by atoms with E-state index in [1.165, 1.54) is 32.1 Å². The van der Waals surface area contributed by atoms with E-state index in [-0.39, 0.29) is 0 Å². The lowest BCUT2D eigenvalue weighted by Crippen LogP contribution is -2.40. The average Bonchev–Trinajstić information content (AvgIpc) is 2.83. The topological polar surface area (TPSA) is 52.2 Å². The molecular weight excluding hydrogens is 232 g/mol. The van der Waals surface area contributed by atoms with Gasteiger partial charge in [0, 0.05) is 12.2 Å². The highest BCUT2D eigenvalue weighted by Gasteiger charge is 2.13. The number of hydrogen-bond acceptors (Lipinski definition) is 2. The molecule has 0 amide bonds. The molecule has 0 unspecified atom stereocenters. The second-order valence-corrected chi connectivity index (χ2v) is 4.71. The summed E-state index contributed by atoms with van der Waals surface area (Å²) in [5, 5.41) is 7.98. The first-order valence-electron chi connectivity index (χ1n) is 6.07. The van der Waals surface area contributed by atoms with E-state index in [0.717, 1.165) is 5.69 Å². The predicted molar refractivity (Wildman–Crippen MR) is 74.1 cm³/mol. The van der Waals surface area contributed by atoms with E-state index in [1.807, 2.05) is 18.3 Å². The van der Waals surface area contributed by atoms with Crippen molar-refractivity contribution in [3.8, 4) is 0 Å². The van der Waals surface area contributed by atoms with Crippen LogP contribution in [-0.2, 0) is 0 Å². The fourth-order valence-electron chi connectivity index (χ4n) is 2.05. The van der Waals surface area contributed by atoms with Gasteiger partial charge in [-0.3, -0.25) is 5.43 Å². The van der Waals surface area contributed by atoms with E-state index in [4.69, 9.17) is 12.2 Å². The molecule has 0 radical (unpaired) electrons. The minimum atomic E-state index is 0.518. The molecule has 0 atom stereocenters. The molecule has 5 heteroatoms. The van der Waals surface area contributed by atoms with Gasteiger partial charge in [-0.2, -0.15) is 5.10 Å². The van der Waals surface area contributed by atoms with Crippen LogP contribution in [0.15, 0.2) is 23.4 Å². The van der Waals surface area contributed by atoms with Gasteiger partial charge < -0.3 is 10.3 Å². The lowest BCUT2D eigenvalue weighted by atomic mass is 9.96. The Bertz CT molecular complexity index is 366. The van der Waals surface area contributed by atoms with Crippen molar-refractivity contribution in [1.82, 2.24) is 15.7 Å². The molecule has 2 rings (SSSR count). The largest absolute Gasteiger partial charge is 0.360 e. The van der Waals surface area contributed by atoms with Crippen molar-refractivity contribution in [2.45, 2.75) is 38.1 Å². The molecule has 1 aliphatic rings. The SMILES string of the molecule is S=C(NN=Cc1ccc[nH]1)NC1CCCCC1. The number of nitrogens with zero attached hydrogens (tertiary/aromatic N) is 1. The maximum Gasteiger partial charge on any atom is 0.187 e. The van der Waals surface area contributed by atoms with Crippen molar-refractivity contribution in [3.63, 3.8) is 0 Å². The summed E-state index contributed by atoms with van der Waals surface area (Å²) >= 11 is 5.18. The Labute approximate surface area is 107 Å². The molecule has 4 nitrogen and oxygen atoms in total. The van der Waals surface area contributed by atoms with Crippen LogP contribution in [0.5, 0.6) is 0 Å². The number of aromatic nitrogens is 1. The van der Waals surface area contributed by atoms with Crippen molar-refractivity contribution in [1.29, 1.82) is 0 Å². The third-order valence-electron chi connectivity index (χ3n) is 2.93. The number of nitrogens with one attached hydrogen (secondary N) is 3. The molecule has 0 aromatic carbocycles. The monoisotopic (exact) mass is 250 g/mol. The lowest BCUT2D eigenvalue weighted by Gasteiger charge is -2.23. The van der Waals surface area contributed by atoms with E-state index < -0.39 is 0 Å². The van der Waals surface area contributed by atoms with Crippen LogP contribution in [0.1, 0.15) is 37.8 Å². The summed E-state index contributed by atoms with van der Waals surface area (Å²) in [6.07, 6.45) is 9.94. The molecule has 1 fully saturated rings. The summed E-state index contributed by atoms with van der Waals surface area (Å²) in [6, 6.07) is 4.40. The zero-order valence-corrected chi connectivity index (χ0v) is 10.6. The first-order chi connectivity index (χ1) is 8.34. The molecule has 1 saturated carbocycles. The zero-order valence-electron chi connectivity index (χ0n) is 9.78. The maximum atomic E-state index is 5.18. The van der Waals surface area contributed by atoms with Gasteiger partial charge in [-0.25, -0.2) is 0 Å². The zero-order chi connectivity index (χ0) is 11.9. The fourth-order valence-corrected chi connectivity index (χ4v) is 2.27. The Balaban J connectivity index is 1.70. The number of hydrogen-bond donors (Lipinski definition) is 3. The van der Waals surface area contributed by atoms with Crippen molar-refractivity contribution in [2.24, 2.45) is 5.10 Å². The van der Waals surface area contributed by atoms with Crippen molar-refractivity contribution >= 4 is 23.5 Å². The Morgan fingerprint density at radius 2 is 2.24 bits per heavy atom. The summed E-state index contributed by atoms with van der Waals surface area (Å²) in [4.78, 5) is 3.04. The normalized spacial score (nSPS) is 17.2. The van der Waals surface area contributed by atoms with Crippen LogP contribution < -0.4 is 10.7 Å².